The third-order valence-corrected chi connectivity index (χ3v) is 4.45. The zero-order valence-electron chi connectivity index (χ0n) is 17.1. The van der Waals surface area contributed by atoms with Gasteiger partial charge in [0.2, 0.25) is 5.95 Å². The van der Waals surface area contributed by atoms with Gasteiger partial charge in [0.15, 0.2) is 0 Å². The number of hydrogen-bond acceptors (Lipinski definition) is 4. The molecule has 1 heterocycles. The number of halogens is 3. The molecule has 4 rings (SSSR count). The first-order valence-corrected chi connectivity index (χ1v) is 9.69. The number of aromatic amines is 1. The van der Waals surface area contributed by atoms with Crippen LogP contribution < -0.4 is 20.7 Å². The van der Waals surface area contributed by atoms with E-state index in [0.717, 1.165) is 12.1 Å². The maximum Gasteiger partial charge on any atom is 0.416 e. The highest BCUT2D eigenvalue weighted by molar-refractivity contribution is 5.99. The third-order valence-electron chi connectivity index (χ3n) is 4.45. The number of nitrogens with one attached hydrogen (secondary N) is 4. The molecule has 3 amide bonds. The van der Waals surface area contributed by atoms with Gasteiger partial charge in [0.25, 0.3) is 0 Å². The number of nitrogens with zero attached hydrogens (tertiary/aromatic N) is 1. The molecule has 0 saturated carbocycles. The number of hydrogen-bond donors (Lipinski definition) is 5. The molecular weight excluding hydrogens is 455 g/mol. The van der Waals surface area contributed by atoms with Crippen molar-refractivity contribution >= 4 is 40.5 Å². The minimum atomic E-state index is -4.52. The number of aromatic nitrogens is 2. The van der Waals surface area contributed by atoms with Crippen LogP contribution in [0, 0.1) is 0 Å². The molecule has 0 bridgehead atoms. The summed E-state index contributed by atoms with van der Waals surface area (Å²) >= 11 is 0. The van der Waals surface area contributed by atoms with Crippen LogP contribution in [-0.2, 0) is 6.18 Å². The number of rotatable bonds is 5. The standard InChI is InChI=1S/C22H16F3N5O4/c23-22(24,25)12-3-1-4-13(9-12)26-20(31)27-14-5-2-6-15(10-14)34-16-7-8-17-18(11-16)29-19(28-17)30-21(32)33/h1-11H,(H,32,33)(H2,26,27,31)(H2,28,29,30). The predicted molar refractivity (Wildman–Crippen MR) is 118 cm³/mol. The van der Waals surface area contributed by atoms with Gasteiger partial charge in [-0.15, -0.1) is 0 Å². The Labute approximate surface area is 189 Å². The summed E-state index contributed by atoms with van der Waals surface area (Å²) in [6, 6.07) is 14.8. The van der Waals surface area contributed by atoms with E-state index in [0.29, 0.717) is 28.2 Å². The number of carbonyl (C=O) groups excluding carboxylic acids is 1. The average molecular weight is 471 g/mol. The van der Waals surface area contributed by atoms with Gasteiger partial charge in [0, 0.05) is 23.5 Å². The number of ether oxygens (including phenoxy) is 1. The molecule has 0 saturated heterocycles. The number of benzene rings is 3. The van der Waals surface area contributed by atoms with Crippen LogP contribution in [0.3, 0.4) is 0 Å². The summed E-state index contributed by atoms with van der Waals surface area (Å²) < 4.78 is 44.3. The Morgan fingerprint density at radius 2 is 1.56 bits per heavy atom. The van der Waals surface area contributed by atoms with Crippen molar-refractivity contribution in [3.8, 4) is 11.5 Å². The predicted octanol–water partition coefficient (Wildman–Crippen LogP) is 6.11. The molecule has 12 heteroatoms. The first kappa shape index (κ1) is 22.5. The first-order chi connectivity index (χ1) is 16.2. The molecular formula is C22H16F3N5O4. The summed E-state index contributed by atoms with van der Waals surface area (Å²) in [6.07, 6.45) is -5.77. The molecule has 0 aliphatic rings. The van der Waals surface area contributed by atoms with Crippen molar-refractivity contribution in [1.29, 1.82) is 0 Å². The minimum absolute atomic E-state index is 0.00986. The quantitative estimate of drug-likeness (QED) is 0.240. The number of imidazole rings is 1. The van der Waals surface area contributed by atoms with E-state index in [9.17, 15) is 22.8 Å². The molecule has 4 aromatic rings. The molecule has 1 aromatic heterocycles. The molecule has 9 nitrogen and oxygen atoms in total. The Kier molecular flexibility index (Phi) is 5.95. The molecule has 0 spiro atoms. The number of H-pyrrole nitrogens is 1. The fraction of sp³-hybridized carbons (Fsp3) is 0.0455. The van der Waals surface area contributed by atoms with E-state index in [1.807, 2.05) is 0 Å². The fourth-order valence-corrected chi connectivity index (χ4v) is 3.05. The highest BCUT2D eigenvalue weighted by Gasteiger charge is 2.30. The Balaban J connectivity index is 1.43. The Morgan fingerprint density at radius 1 is 0.882 bits per heavy atom. The molecule has 174 valence electrons. The highest BCUT2D eigenvalue weighted by Crippen LogP contribution is 2.31. The van der Waals surface area contributed by atoms with Crippen molar-refractivity contribution in [2.45, 2.75) is 6.18 Å². The van der Waals surface area contributed by atoms with Gasteiger partial charge in [0.1, 0.15) is 11.5 Å². The van der Waals surface area contributed by atoms with E-state index in [2.05, 4.69) is 25.9 Å². The molecule has 0 aliphatic carbocycles. The van der Waals surface area contributed by atoms with Crippen molar-refractivity contribution in [3.63, 3.8) is 0 Å². The van der Waals surface area contributed by atoms with Crippen LogP contribution in [0.2, 0.25) is 0 Å². The van der Waals surface area contributed by atoms with E-state index < -0.39 is 23.9 Å². The van der Waals surface area contributed by atoms with E-state index in [4.69, 9.17) is 9.84 Å². The summed E-state index contributed by atoms with van der Waals surface area (Å²) in [5, 5.41) is 15.8. The van der Waals surface area contributed by atoms with Gasteiger partial charge in [-0.2, -0.15) is 13.2 Å². The lowest BCUT2D eigenvalue weighted by Gasteiger charge is -2.12. The second-order valence-corrected chi connectivity index (χ2v) is 6.98. The van der Waals surface area contributed by atoms with Gasteiger partial charge in [-0.25, -0.2) is 14.6 Å². The van der Waals surface area contributed by atoms with Crippen LogP contribution >= 0.6 is 0 Å². The maximum absolute atomic E-state index is 12.8. The van der Waals surface area contributed by atoms with Crippen molar-refractivity contribution < 1.29 is 32.6 Å². The number of fused-ring (bicyclic) bond motifs is 1. The van der Waals surface area contributed by atoms with Crippen LogP contribution in [0.4, 0.5) is 40.1 Å². The number of urea groups is 1. The molecule has 5 N–H and O–H groups in total. The SMILES string of the molecule is O=C(O)Nc1nc2ccc(Oc3cccc(NC(=O)Nc4cccc(C(F)(F)F)c4)c3)cc2[nH]1. The number of anilines is 3. The molecule has 0 unspecified atom stereocenters. The monoisotopic (exact) mass is 471 g/mol. The summed E-state index contributed by atoms with van der Waals surface area (Å²) in [4.78, 5) is 29.9. The molecule has 0 radical (unpaired) electrons. The Morgan fingerprint density at radius 3 is 2.26 bits per heavy atom. The van der Waals surface area contributed by atoms with E-state index in [-0.39, 0.29) is 11.6 Å². The van der Waals surface area contributed by atoms with Gasteiger partial charge in [-0.1, -0.05) is 12.1 Å². The fourth-order valence-electron chi connectivity index (χ4n) is 3.05. The zero-order valence-corrected chi connectivity index (χ0v) is 17.1. The summed E-state index contributed by atoms with van der Waals surface area (Å²) in [6.45, 7) is 0. The first-order valence-electron chi connectivity index (χ1n) is 9.69. The minimum Gasteiger partial charge on any atom is -0.465 e. The van der Waals surface area contributed by atoms with E-state index in [1.165, 1.54) is 18.2 Å². The van der Waals surface area contributed by atoms with Gasteiger partial charge in [-0.3, -0.25) is 5.32 Å². The van der Waals surface area contributed by atoms with Crippen molar-refractivity contribution in [3.05, 3.63) is 72.3 Å². The Bertz CT molecular complexity index is 1370. The van der Waals surface area contributed by atoms with Gasteiger partial charge in [0.05, 0.1) is 16.6 Å². The largest absolute Gasteiger partial charge is 0.465 e. The van der Waals surface area contributed by atoms with Crippen LogP contribution in [0.15, 0.2) is 66.7 Å². The maximum atomic E-state index is 12.8. The summed E-state index contributed by atoms with van der Waals surface area (Å²) in [5.41, 5.74) is 0.524. The number of amides is 3. The Hall–Kier alpha value is -4.74. The van der Waals surface area contributed by atoms with Gasteiger partial charge < -0.3 is 25.5 Å². The molecule has 0 atom stereocenters. The lowest BCUT2D eigenvalue weighted by molar-refractivity contribution is -0.137. The van der Waals surface area contributed by atoms with Crippen LogP contribution in [-0.4, -0.2) is 27.2 Å². The lowest BCUT2D eigenvalue weighted by atomic mass is 10.2. The number of carbonyl (C=O) groups is 2. The lowest BCUT2D eigenvalue weighted by Crippen LogP contribution is -2.19. The van der Waals surface area contributed by atoms with Crippen molar-refractivity contribution in [2.24, 2.45) is 0 Å². The van der Waals surface area contributed by atoms with Gasteiger partial charge in [-0.05, 0) is 42.5 Å². The average Bonchev–Trinajstić information content (AvgIpc) is 3.14. The zero-order chi connectivity index (χ0) is 24.3. The van der Waals surface area contributed by atoms with Crippen molar-refractivity contribution in [1.82, 2.24) is 9.97 Å². The van der Waals surface area contributed by atoms with Gasteiger partial charge >= 0.3 is 18.3 Å². The normalized spacial score (nSPS) is 11.1. The number of alkyl halides is 3. The third kappa shape index (κ3) is 5.54. The molecule has 3 aromatic carbocycles. The number of carboxylic acid groups (broad SMARTS) is 1. The molecule has 0 fully saturated rings. The summed E-state index contributed by atoms with van der Waals surface area (Å²) in [7, 11) is 0. The smallest absolute Gasteiger partial charge is 0.416 e. The van der Waals surface area contributed by atoms with E-state index >= 15 is 0 Å². The van der Waals surface area contributed by atoms with Crippen LogP contribution in [0.25, 0.3) is 11.0 Å². The molecule has 34 heavy (non-hydrogen) atoms. The molecule has 0 aliphatic heterocycles. The van der Waals surface area contributed by atoms with Crippen LogP contribution in [0.5, 0.6) is 11.5 Å². The van der Waals surface area contributed by atoms with Crippen LogP contribution in [0.1, 0.15) is 5.56 Å². The second-order valence-electron chi connectivity index (χ2n) is 6.98. The van der Waals surface area contributed by atoms with Crippen molar-refractivity contribution in [2.75, 3.05) is 16.0 Å². The second kappa shape index (κ2) is 9.02. The van der Waals surface area contributed by atoms with E-state index in [1.54, 1.807) is 36.4 Å². The topological polar surface area (TPSA) is 128 Å². The summed E-state index contributed by atoms with van der Waals surface area (Å²) in [5.74, 6) is 0.862. The highest BCUT2D eigenvalue weighted by atomic mass is 19.4.